The maximum atomic E-state index is 11.9. The molecule has 0 radical (unpaired) electrons. The monoisotopic (exact) mass is 229 g/mol. The molecule has 3 rings (SSSR count). The molecule has 17 heavy (non-hydrogen) atoms. The second-order valence-electron chi connectivity index (χ2n) is 3.66. The first-order valence-corrected chi connectivity index (χ1v) is 4.89. The molecule has 84 valence electrons. The van der Waals surface area contributed by atoms with Gasteiger partial charge >= 0.3 is 5.97 Å². The zero-order chi connectivity index (χ0) is 12.0. The first-order valence-electron chi connectivity index (χ1n) is 4.89. The fourth-order valence-electron chi connectivity index (χ4n) is 1.87. The highest BCUT2D eigenvalue weighted by atomic mass is 16.4. The number of fused-ring (bicyclic) bond motifs is 3. The van der Waals surface area contributed by atoms with Crippen LogP contribution in [0.25, 0.3) is 21.8 Å². The number of benzene rings is 1. The Balaban J connectivity index is 2.53. The number of nitrogens with zero attached hydrogens (tertiary/aromatic N) is 1. The molecule has 2 heterocycles. The van der Waals surface area contributed by atoms with Gasteiger partial charge in [0.05, 0.1) is 17.2 Å². The van der Waals surface area contributed by atoms with Gasteiger partial charge in [-0.2, -0.15) is 5.10 Å². The number of aromatic carboxylic acids is 1. The second kappa shape index (κ2) is 3.18. The van der Waals surface area contributed by atoms with Gasteiger partial charge in [0.2, 0.25) is 5.43 Å². The van der Waals surface area contributed by atoms with Gasteiger partial charge in [-0.25, -0.2) is 4.79 Å². The van der Waals surface area contributed by atoms with E-state index in [2.05, 4.69) is 15.2 Å². The minimum absolute atomic E-state index is 0.267. The number of nitrogens with one attached hydrogen (secondary N) is 2. The summed E-state index contributed by atoms with van der Waals surface area (Å²) in [4.78, 5) is 25.6. The molecule has 0 saturated carbocycles. The van der Waals surface area contributed by atoms with Gasteiger partial charge in [0.25, 0.3) is 0 Å². The van der Waals surface area contributed by atoms with Gasteiger partial charge in [-0.05, 0) is 6.07 Å². The zero-order valence-electron chi connectivity index (χ0n) is 8.52. The molecule has 0 atom stereocenters. The molecule has 0 spiro atoms. The fraction of sp³-hybridized carbons (Fsp3) is 0. The van der Waals surface area contributed by atoms with Gasteiger partial charge in [-0.3, -0.25) is 9.89 Å². The highest BCUT2D eigenvalue weighted by Crippen LogP contribution is 2.19. The summed E-state index contributed by atoms with van der Waals surface area (Å²) < 4.78 is 0. The Bertz CT molecular complexity index is 800. The third kappa shape index (κ3) is 1.24. The van der Waals surface area contributed by atoms with Gasteiger partial charge in [0.15, 0.2) is 0 Å². The van der Waals surface area contributed by atoms with E-state index in [1.807, 2.05) is 0 Å². The van der Waals surface area contributed by atoms with E-state index in [1.54, 1.807) is 18.3 Å². The molecule has 0 aliphatic rings. The number of hydrogen-bond donors (Lipinski definition) is 3. The molecular formula is C11H7N3O3. The predicted molar refractivity (Wildman–Crippen MR) is 61.2 cm³/mol. The lowest BCUT2D eigenvalue weighted by atomic mass is 10.1. The Labute approximate surface area is 93.9 Å². The summed E-state index contributed by atoms with van der Waals surface area (Å²) in [6.45, 7) is 0. The predicted octanol–water partition coefficient (Wildman–Crippen LogP) is 1.10. The molecule has 1 aromatic carbocycles. The molecule has 3 aromatic rings. The molecule has 6 heteroatoms. The number of carboxylic acids is 1. The maximum absolute atomic E-state index is 11.9. The molecule has 0 saturated heterocycles. The smallest absolute Gasteiger partial charge is 0.341 e. The van der Waals surface area contributed by atoms with Gasteiger partial charge < -0.3 is 10.1 Å². The van der Waals surface area contributed by atoms with Crippen molar-refractivity contribution in [3.63, 3.8) is 0 Å². The van der Waals surface area contributed by atoms with E-state index < -0.39 is 11.4 Å². The van der Waals surface area contributed by atoms with Crippen molar-refractivity contribution in [3.8, 4) is 0 Å². The molecule has 0 aliphatic heterocycles. The topological polar surface area (TPSA) is 98.8 Å². The quantitative estimate of drug-likeness (QED) is 0.581. The van der Waals surface area contributed by atoms with Crippen molar-refractivity contribution < 1.29 is 9.90 Å². The van der Waals surface area contributed by atoms with Crippen molar-refractivity contribution in [1.82, 2.24) is 15.2 Å². The SMILES string of the molecule is O=C(O)c1c[nH]c2c(ccc3cn[nH]c32)c1=O. The van der Waals surface area contributed by atoms with Crippen LogP contribution in [0, 0.1) is 0 Å². The Morgan fingerprint density at radius 2 is 2.12 bits per heavy atom. The number of carboxylic acid groups (broad SMARTS) is 1. The molecule has 2 aromatic heterocycles. The first-order chi connectivity index (χ1) is 8.18. The van der Waals surface area contributed by atoms with E-state index in [-0.39, 0.29) is 5.56 Å². The van der Waals surface area contributed by atoms with Gasteiger partial charge in [0, 0.05) is 17.0 Å². The van der Waals surface area contributed by atoms with E-state index in [4.69, 9.17) is 5.11 Å². The van der Waals surface area contributed by atoms with Crippen LogP contribution in [-0.4, -0.2) is 26.3 Å². The average molecular weight is 229 g/mol. The molecule has 0 unspecified atom stereocenters. The van der Waals surface area contributed by atoms with E-state index in [1.165, 1.54) is 6.20 Å². The number of rotatable bonds is 1. The normalized spacial score (nSPS) is 11.1. The van der Waals surface area contributed by atoms with Gasteiger partial charge in [-0.15, -0.1) is 0 Å². The van der Waals surface area contributed by atoms with Crippen molar-refractivity contribution in [2.24, 2.45) is 0 Å². The van der Waals surface area contributed by atoms with Crippen molar-refractivity contribution in [2.45, 2.75) is 0 Å². The third-order valence-electron chi connectivity index (χ3n) is 2.70. The van der Waals surface area contributed by atoms with Crippen LogP contribution in [0.1, 0.15) is 10.4 Å². The van der Waals surface area contributed by atoms with Gasteiger partial charge in [-0.1, -0.05) is 6.07 Å². The van der Waals surface area contributed by atoms with E-state index in [0.717, 1.165) is 5.39 Å². The summed E-state index contributed by atoms with van der Waals surface area (Å²) in [6.07, 6.45) is 2.84. The van der Waals surface area contributed by atoms with Crippen LogP contribution in [0.15, 0.2) is 29.3 Å². The fourth-order valence-corrected chi connectivity index (χ4v) is 1.87. The molecular weight excluding hydrogens is 222 g/mol. The Morgan fingerprint density at radius 1 is 1.29 bits per heavy atom. The number of hydrogen-bond acceptors (Lipinski definition) is 3. The number of aromatic nitrogens is 3. The summed E-state index contributed by atoms with van der Waals surface area (Å²) in [5.41, 5.74) is 0.491. The molecule has 0 aliphatic carbocycles. The highest BCUT2D eigenvalue weighted by molar-refractivity contribution is 6.04. The molecule has 0 amide bonds. The highest BCUT2D eigenvalue weighted by Gasteiger charge is 2.13. The second-order valence-corrected chi connectivity index (χ2v) is 3.66. The largest absolute Gasteiger partial charge is 0.477 e. The van der Waals surface area contributed by atoms with Crippen molar-refractivity contribution >= 4 is 27.8 Å². The van der Waals surface area contributed by atoms with Gasteiger partial charge in [0.1, 0.15) is 5.56 Å². The van der Waals surface area contributed by atoms with Crippen LogP contribution in [0.2, 0.25) is 0 Å². The molecule has 3 N–H and O–H groups in total. The first kappa shape index (κ1) is 9.59. The summed E-state index contributed by atoms with van der Waals surface area (Å²) in [5, 5.41) is 16.7. The third-order valence-corrected chi connectivity index (χ3v) is 2.70. The van der Waals surface area contributed by atoms with Crippen molar-refractivity contribution in [2.75, 3.05) is 0 Å². The maximum Gasteiger partial charge on any atom is 0.341 e. The molecule has 0 fully saturated rings. The van der Waals surface area contributed by atoms with Crippen LogP contribution < -0.4 is 5.43 Å². The minimum Gasteiger partial charge on any atom is -0.477 e. The van der Waals surface area contributed by atoms with Crippen LogP contribution in [-0.2, 0) is 0 Å². The minimum atomic E-state index is -1.24. The number of carbonyl (C=O) groups is 1. The Morgan fingerprint density at radius 3 is 2.88 bits per heavy atom. The average Bonchev–Trinajstić information content (AvgIpc) is 2.77. The van der Waals surface area contributed by atoms with Crippen LogP contribution in [0.3, 0.4) is 0 Å². The van der Waals surface area contributed by atoms with E-state index in [9.17, 15) is 9.59 Å². The molecule has 6 nitrogen and oxygen atoms in total. The summed E-state index contributed by atoms with van der Waals surface area (Å²) >= 11 is 0. The van der Waals surface area contributed by atoms with Crippen LogP contribution in [0.5, 0.6) is 0 Å². The standard InChI is InChI=1S/C11H7N3O3/c15-10-6-2-1-5-3-13-14-8(5)9(6)12-4-7(10)11(16)17/h1-4H,(H,12,15)(H,13,14)(H,16,17). The number of aromatic amines is 2. The van der Waals surface area contributed by atoms with Crippen molar-refractivity contribution in [3.05, 3.63) is 40.3 Å². The lowest BCUT2D eigenvalue weighted by Crippen LogP contribution is -2.15. The molecule has 0 bridgehead atoms. The summed E-state index contributed by atoms with van der Waals surface area (Å²) in [7, 11) is 0. The van der Waals surface area contributed by atoms with E-state index in [0.29, 0.717) is 16.4 Å². The lowest BCUT2D eigenvalue weighted by Gasteiger charge is -2.00. The lowest BCUT2D eigenvalue weighted by molar-refractivity contribution is 0.0695. The zero-order valence-corrected chi connectivity index (χ0v) is 8.52. The van der Waals surface area contributed by atoms with Crippen LogP contribution in [0.4, 0.5) is 0 Å². The number of H-pyrrole nitrogens is 2. The summed E-state index contributed by atoms with van der Waals surface area (Å²) in [5.74, 6) is -1.24. The van der Waals surface area contributed by atoms with E-state index >= 15 is 0 Å². The summed E-state index contributed by atoms with van der Waals surface area (Å²) in [6, 6.07) is 3.32. The Hall–Kier alpha value is -2.63. The Kier molecular flexibility index (Phi) is 1.79. The van der Waals surface area contributed by atoms with Crippen LogP contribution >= 0.6 is 0 Å². The number of pyridine rings is 1. The van der Waals surface area contributed by atoms with Crippen molar-refractivity contribution in [1.29, 1.82) is 0 Å².